The van der Waals surface area contributed by atoms with Crippen molar-refractivity contribution < 1.29 is 58.3 Å². The molecular formula is H3AlMnTiZn. The van der Waals surface area contributed by atoms with Gasteiger partial charge >= 0.3 is 0 Å². The molecule has 0 aromatic heterocycles. The van der Waals surface area contributed by atoms with Gasteiger partial charge in [-0.15, -0.1) is 0 Å². The number of hydrogen-bond acceptors (Lipinski definition) is 0. The first-order chi connectivity index (χ1) is 0. The van der Waals surface area contributed by atoms with Crippen molar-refractivity contribution in [2.45, 2.75) is 0 Å². The fourth-order valence-electron chi connectivity index (χ4n) is 0. The van der Waals surface area contributed by atoms with Crippen LogP contribution in [0.5, 0.6) is 0 Å². The number of hydrogen-bond donors (Lipinski definition) is 0. The average molecular weight is 198 g/mol. The van der Waals surface area contributed by atoms with E-state index >= 15 is 0 Å². The molecule has 0 saturated heterocycles. The van der Waals surface area contributed by atoms with Gasteiger partial charge in [-0.1, -0.05) is 0 Å². The summed E-state index contributed by atoms with van der Waals surface area (Å²) >= 11 is 0. The Morgan fingerprint density at radius 1 is 1.00 bits per heavy atom. The molecule has 0 unspecified atom stereocenters. The van der Waals surface area contributed by atoms with Gasteiger partial charge in [-0.05, 0) is 0 Å². The molecule has 0 bridgehead atoms. The minimum absolute atomic E-state index is 0. The summed E-state index contributed by atoms with van der Waals surface area (Å²) in [4.78, 5) is 0. The third kappa shape index (κ3) is 8.83. The standard InChI is InChI=1S/Al.Mn.Ti.Zn.3H. The predicted molar refractivity (Wildman–Crippen MR) is 9.94 cm³/mol. The molecule has 19 valence electrons. The van der Waals surface area contributed by atoms with Crippen molar-refractivity contribution in [1.29, 1.82) is 0 Å². The van der Waals surface area contributed by atoms with Crippen LogP contribution in [-0.2, 0) is 58.3 Å². The summed E-state index contributed by atoms with van der Waals surface area (Å²) in [7, 11) is 0. The average Bonchev–Trinajstić information content (AvgIpc) is 0. The van der Waals surface area contributed by atoms with Crippen LogP contribution in [0.15, 0.2) is 0 Å². The molecule has 0 aliphatic rings. The van der Waals surface area contributed by atoms with Crippen molar-refractivity contribution in [1.82, 2.24) is 0 Å². The van der Waals surface area contributed by atoms with Crippen LogP contribution in [0.25, 0.3) is 0 Å². The van der Waals surface area contributed by atoms with Crippen LogP contribution in [0.3, 0.4) is 0 Å². The predicted octanol–water partition coefficient (Wildman–Crippen LogP) is -1.19. The Balaban J connectivity index is 0. The van der Waals surface area contributed by atoms with E-state index in [1.54, 1.807) is 0 Å². The Morgan fingerprint density at radius 2 is 1.00 bits per heavy atom. The molecule has 0 fully saturated rings. The van der Waals surface area contributed by atoms with Crippen molar-refractivity contribution >= 4 is 17.4 Å². The van der Waals surface area contributed by atoms with E-state index in [1.165, 1.54) is 0 Å². The summed E-state index contributed by atoms with van der Waals surface area (Å²) in [5, 5.41) is 0. The van der Waals surface area contributed by atoms with E-state index < -0.39 is 0 Å². The maximum Gasteiger partial charge on any atom is 0.187 e. The molecule has 0 rings (SSSR count). The first-order valence-corrected chi connectivity index (χ1v) is 0. The van der Waals surface area contributed by atoms with Crippen LogP contribution in [0, 0.1) is 0 Å². The molecule has 0 aromatic carbocycles. The second-order valence-electron chi connectivity index (χ2n) is 0. The van der Waals surface area contributed by atoms with Gasteiger partial charge in [-0.2, -0.15) is 0 Å². The van der Waals surface area contributed by atoms with Gasteiger partial charge < -0.3 is 0 Å². The summed E-state index contributed by atoms with van der Waals surface area (Å²) in [6.45, 7) is 0. The number of rotatable bonds is 0. The van der Waals surface area contributed by atoms with Gasteiger partial charge in [0.2, 0.25) is 0 Å². The maximum absolute atomic E-state index is 0. The van der Waals surface area contributed by atoms with Crippen molar-refractivity contribution in [2.24, 2.45) is 0 Å². The van der Waals surface area contributed by atoms with Crippen LogP contribution >= 0.6 is 0 Å². The monoisotopic (exact) mass is 197 g/mol. The summed E-state index contributed by atoms with van der Waals surface area (Å²) in [5.41, 5.74) is 0. The first kappa shape index (κ1) is 32.5. The molecule has 0 aliphatic carbocycles. The molecule has 0 nitrogen and oxygen atoms in total. The largest absolute Gasteiger partial charge is 0.187 e. The van der Waals surface area contributed by atoms with Crippen LogP contribution in [0.1, 0.15) is 0 Å². The van der Waals surface area contributed by atoms with Gasteiger partial charge in [0.05, 0.1) is 0 Å². The van der Waals surface area contributed by atoms with Gasteiger partial charge in [0.1, 0.15) is 0 Å². The van der Waals surface area contributed by atoms with Gasteiger partial charge in [0, 0.05) is 58.3 Å². The van der Waals surface area contributed by atoms with Crippen molar-refractivity contribution in [3.05, 3.63) is 0 Å². The van der Waals surface area contributed by atoms with Crippen molar-refractivity contribution in [3.8, 4) is 0 Å². The van der Waals surface area contributed by atoms with Gasteiger partial charge in [0.15, 0.2) is 17.4 Å². The third-order valence-corrected chi connectivity index (χ3v) is 0. The van der Waals surface area contributed by atoms with E-state index in [-0.39, 0.29) is 75.6 Å². The molecule has 0 N–H and O–H groups in total. The van der Waals surface area contributed by atoms with E-state index in [2.05, 4.69) is 0 Å². The Labute approximate surface area is 74.7 Å². The molecule has 0 amide bonds. The fourth-order valence-corrected chi connectivity index (χ4v) is 0. The van der Waals surface area contributed by atoms with Crippen molar-refractivity contribution in [3.63, 3.8) is 0 Å². The van der Waals surface area contributed by atoms with Crippen LogP contribution < -0.4 is 0 Å². The molecule has 0 aromatic rings. The Kier molecular flexibility index (Phi) is 148. The molecule has 4 heteroatoms. The molecular weight excluding hydrogens is 195 g/mol. The Morgan fingerprint density at radius 3 is 1.00 bits per heavy atom. The summed E-state index contributed by atoms with van der Waals surface area (Å²) in [6, 6.07) is 0. The van der Waals surface area contributed by atoms with Gasteiger partial charge in [-0.25, -0.2) is 0 Å². The smallest absolute Gasteiger partial charge is 0 e. The summed E-state index contributed by atoms with van der Waals surface area (Å²) < 4.78 is 0. The van der Waals surface area contributed by atoms with E-state index in [0.717, 1.165) is 0 Å². The van der Waals surface area contributed by atoms with E-state index in [1.807, 2.05) is 0 Å². The SMILES string of the molecule is [AlH3].[Mn].[Ti].[Zn]. The summed E-state index contributed by atoms with van der Waals surface area (Å²) in [5.74, 6) is 0. The van der Waals surface area contributed by atoms with Crippen LogP contribution in [-0.4, -0.2) is 17.4 Å². The van der Waals surface area contributed by atoms with Crippen LogP contribution in [0.2, 0.25) is 0 Å². The minimum atomic E-state index is 0. The normalized spacial score (nSPS) is 0. The van der Waals surface area contributed by atoms with E-state index in [0.29, 0.717) is 0 Å². The minimum Gasteiger partial charge on any atom is 0 e. The quantitative estimate of drug-likeness (QED) is 0.429. The topological polar surface area (TPSA) is 0 Å². The molecule has 0 heterocycles. The fraction of sp³-hybridized carbons (Fsp3) is 0. The molecule has 4 heavy (non-hydrogen) atoms. The van der Waals surface area contributed by atoms with E-state index in [9.17, 15) is 0 Å². The second kappa shape index (κ2) is 18.2. The zero-order valence-corrected chi connectivity index (χ0v) is 7.29. The molecule has 0 aliphatic heterocycles. The van der Waals surface area contributed by atoms with E-state index in [4.69, 9.17) is 0 Å². The Hall–Kier alpha value is 2.39. The molecule has 0 saturated carbocycles. The second-order valence-corrected chi connectivity index (χ2v) is 0. The first-order valence-electron chi connectivity index (χ1n) is 0. The molecule has 0 atom stereocenters. The maximum atomic E-state index is 0. The van der Waals surface area contributed by atoms with Crippen LogP contribution in [0.4, 0.5) is 0 Å². The van der Waals surface area contributed by atoms with Gasteiger partial charge in [-0.3, -0.25) is 0 Å². The molecule has 0 spiro atoms. The Bertz CT molecular complexity index is 8.00. The third-order valence-electron chi connectivity index (χ3n) is 0. The van der Waals surface area contributed by atoms with Crippen molar-refractivity contribution in [2.75, 3.05) is 0 Å². The molecule has 1 radical (unpaired) electrons. The zero-order valence-electron chi connectivity index (χ0n) is 1.59. The van der Waals surface area contributed by atoms with Gasteiger partial charge in [0.25, 0.3) is 0 Å². The summed E-state index contributed by atoms with van der Waals surface area (Å²) in [6.07, 6.45) is 0. The zero-order chi connectivity index (χ0) is 0.